The van der Waals surface area contributed by atoms with Crippen molar-refractivity contribution < 1.29 is 0 Å². The molecule has 0 saturated heterocycles. The predicted molar refractivity (Wildman–Crippen MR) is 107 cm³/mol. The standard InChI is InChI=1S/C22H30N4/c1-3-11-25-19-14-20-18(13-17(19)23-21(25)15-7-5-8-15)24-22(16-9-6-10-16)26(20)12-4-2/h13-16H,3-12H2,1-2H3. The Balaban J connectivity index is 1.70. The van der Waals surface area contributed by atoms with Crippen molar-refractivity contribution >= 4 is 22.1 Å². The maximum atomic E-state index is 5.08. The number of aromatic nitrogens is 4. The van der Waals surface area contributed by atoms with Gasteiger partial charge in [0.05, 0.1) is 22.1 Å². The van der Waals surface area contributed by atoms with Gasteiger partial charge in [0.25, 0.3) is 0 Å². The van der Waals surface area contributed by atoms with Crippen LogP contribution in [-0.2, 0) is 13.1 Å². The summed E-state index contributed by atoms with van der Waals surface area (Å²) in [4.78, 5) is 10.2. The minimum absolute atomic E-state index is 0.671. The first-order valence-electron chi connectivity index (χ1n) is 10.7. The van der Waals surface area contributed by atoms with Crippen molar-refractivity contribution in [1.82, 2.24) is 19.1 Å². The number of rotatable bonds is 6. The van der Waals surface area contributed by atoms with Crippen molar-refractivity contribution in [3.05, 3.63) is 23.8 Å². The first-order valence-corrected chi connectivity index (χ1v) is 10.7. The molecule has 0 amide bonds. The summed E-state index contributed by atoms with van der Waals surface area (Å²) >= 11 is 0. The first kappa shape index (κ1) is 16.3. The second-order valence-electron chi connectivity index (χ2n) is 8.33. The topological polar surface area (TPSA) is 35.6 Å². The number of benzene rings is 1. The fourth-order valence-corrected chi connectivity index (χ4v) is 4.65. The molecule has 0 radical (unpaired) electrons. The SMILES string of the molecule is CCCn1c(C2CCC2)nc2cc3nc(C4CCC4)n(CCC)c3cc21. The summed E-state index contributed by atoms with van der Waals surface area (Å²) in [5, 5.41) is 0. The molecule has 0 atom stereocenters. The molecule has 0 aliphatic heterocycles. The highest BCUT2D eigenvalue weighted by Crippen LogP contribution is 2.40. The van der Waals surface area contributed by atoms with E-state index in [9.17, 15) is 0 Å². The van der Waals surface area contributed by atoms with E-state index in [1.165, 1.54) is 61.2 Å². The molecule has 2 saturated carbocycles. The largest absolute Gasteiger partial charge is 0.328 e. The molecule has 138 valence electrons. The smallest absolute Gasteiger partial charge is 0.112 e. The van der Waals surface area contributed by atoms with E-state index in [0.29, 0.717) is 11.8 Å². The molecule has 2 aliphatic rings. The molecule has 2 aromatic heterocycles. The Kier molecular flexibility index (Phi) is 4.02. The third kappa shape index (κ3) is 2.41. The van der Waals surface area contributed by atoms with Crippen molar-refractivity contribution in [2.75, 3.05) is 0 Å². The van der Waals surface area contributed by atoms with E-state index in [4.69, 9.17) is 9.97 Å². The summed E-state index contributed by atoms with van der Waals surface area (Å²) in [5.41, 5.74) is 4.93. The van der Waals surface area contributed by atoms with Gasteiger partial charge in [0.1, 0.15) is 11.6 Å². The molecule has 0 N–H and O–H groups in total. The highest BCUT2D eigenvalue weighted by molar-refractivity contribution is 5.92. The lowest BCUT2D eigenvalue weighted by Crippen LogP contribution is -2.16. The summed E-state index contributed by atoms with van der Waals surface area (Å²) in [6.07, 6.45) is 10.2. The molecule has 2 fully saturated rings. The zero-order chi connectivity index (χ0) is 17.7. The van der Waals surface area contributed by atoms with Crippen LogP contribution in [0.25, 0.3) is 22.1 Å². The van der Waals surface area contributed by atoms with Crippen LogP contribution < -0.4 is 0 Å². The number of nitrogens with zero attached hydrogens (tertiary/aromatic N) is 4. The summed E-state index contributed by atoms with van der Waals surface area (Å²) in [7, 11) is 0. The monoisotopic (exact) mass is 350 g/mol. The summed E-state index contributed by atoms with van der Waals surface area (Å²) in [6.45, 7) is 6.69. The average molecular weight is 351 g/mol. The van der Waals surface area contributed by atoms with Crippen molar-refractivity contribution in [2.24, 2.45) is 0 Å². The molecule has 4 heteroatoms. The van der Waals surface area contributed by atoms with E-state index in [0.717, 1.165) is 37.0 Å². The molecule has 0 spiro atoms. The van der Waals surface area contributed by atoms with Crippen LogP contribution in [0, 0.1) is 0 Å². The van der Waals surface area contributed by atoms with Crippen LogP contribution in [0.1, 0.15) is 88.7 Å². The summed E-state index contributed by atoms with van der Waals surface area (Å²) < 4.78 is 5.01. The molecule has 26 heavy (non-hydrogen) atoms. The Morgan fingerprint density at radius 1 is 0.769 bits per heavy atom. The maximum Gasteiger partial charge on any atom is 0.112 e. The van der Waals surface area contributed by atoms with Gasteiger partial charge in [-0.15, -0.1) is 0 Å². The zero-order valence-electron chi connectivity index (χ0n) is 16.2. The van der Waals surface area contributed by atoms with Gasteiger partial charge in [-0.2, -0.15) is 0 Å². The maximum absolute atomic E-state index is 5.08. The lowest BCUT2D eigenvalue weighted by atomic mass is 9.85. The van der Waals surface area contributed by atoms with Gasteiger partial charge in [0.2, 0.25) is 0 Å². The average Bonchev–Trinajstić information content (AvgIpc) is 3.03. The van der Waals surface area contributed by atoms with Crippen LogP contribution in [-0.4, -0.2) is 19.1 Å². The Hall–Kier alpha value is -1.84. The van der Waals surface area contributed by atoms with E-state index in [1.807, 2.05) is 0 Å². The van der Waals surface area contributed by atoms with Crippen LogP contribution >= 0.6 is 0 Å². The lowest BCUT2D eigenvalue weighted by Gasteiger charge is -2.26. The predicted octanol–water partition coefficient (Wildman–Crippen LogP) is 5.74. The molecule has 1 aromatic carbocycles. The highest BCUT2D eigenvalue weighted by atomic mass is 15.1. The van der Waals surface area contributed by atoms with Gasteiger partial charge < -0.3 is 9.13 Å². The summed E-state index contributed by atoms with van der Waals surface area (Å²) in [5.74, 6) is 3.98. The number of hydrogen-bond donors (Lipinski definition) is 0. The molecular formula is C22H30N4. The van der Waals surface area contributed by atoms with Crippen LogP contribution in [0.5, 0.6) is 0 Å². The Morgan fingerprint density at radius 2 is 1.23 bits per heavy atom. The van der Waals surface area contributed by atoms with E-state index < -0.39 is 0 Å². The molecular weight excluding hydrogens is 320 g/mol. The zero-order valence-corrected chi connectivity index (χ0v) is 16.2. The van der Waals surface area contributed by atoms with Gasteiger partial charge in [-0.05, 0) is 50.7 Å². The number of aryl methyl sites for hydroxylation is 2. The van der Waals surface area contributed by atoms with Crippen LogP contribution in [0.3, 0.4) is 0 Å². The molecule has 0 bridgehead atoms. The minimum Gasteiger partial charge on any atom is -0.328 e. The molecule has 4 nitrogen and oxygen atoms in total. The van der Waals surface area contributed by atoms with Crippen molar-refractivity contribution in [2.45, 2.75) is 90.1 Å². The first-order chi connectivity index (χ1) is 12.8. The molecule has 3 aromatic rings. The Labute approximate surface area is 155 Å². The van der Waals surface area contributed by atoms with Gasteiger partial charge in [-0.1, -0.05) is 26.7 Å². The van der Waals surface area contributed by atoms with Crippen molar-refractivity contribution in [3.8, 4) is 0 Å². The minimum atomic E-state index is 0.671. The highest BCUT2D eigenvalue weighted by Gasteiger charge is 2.28. The van der Waals surface area contributed by atoms with Crippen molar-refractivity contribution in [3.63, 3.8) is 0 Å². The Morgan fingerprint density at radius 3 is 1.58 bits per heavy atom. The normalized spacial score (nSPS) is 18.5. The van der Waals surface area contributed by atoms with E-state index in [-0.39, 0.29) is 0 Å². The van der Waals surface area contributed by atoms with E-state index in [2.05, 4.69) is 35.1 Å². The van der Waals surface area contributed by atoms with Gasteiger partial charge in [0.15, 0.2) is 0 Å². The van der Waals surface area contributed by atoms with Crippen LogP contribution in [0.4, 0.5) is 0 Å². The van der Waals surface area contributed by atoms with Gasteiger partial charge in [0, 0.05) is 24.9 Å². The lowest BCUT2D eigenvalue weighted by molar-refractivity contribution is 0.387. The Bertz CT molecular complexity index is 867. The number of hydrogen-bond acceptors (Lipinski definition) is 2. The summed E-state index contributed by atoms with van der Waals surface area (Å²) in [6, 6.07) is 4.65. The van der Waals surface area contributed by atoms with Crippen LogP contribution in [0.15, 0.2) is 12.1 Å². The van der Waals surface area contributed by atoms with E-state index >= 15 is 0 Å². The quantitative estimate of drug-likeness (QED) is 0.568. The third-order valence-electron chi connectivity index (χ3n) is 6.51. The number of imidazole rings is 2. The van der Waals surface area contributed by atoms with Crippen LogP contribution in [0.2, 0.25) is 0 Å². The second kappa shape index (κ2) is 6.40. The number of fused-ring (bicyclic) bond motifs is 2. The van der Waals surface area contributed by atoms with Gasteiger partial charge >= 0.3 is 0 Å². The van der Waals surface area contributed by atoms with Gasteiger partial charge in [-0.3, -0.25) is 0 Å². The van der Waals surface area contributed by atoms with Gasteiger partial charge in [-0.25, -0.2) is 9.97 Å². The van der Waals surface area contributed by atoms with Crippen molar-refractivity contribution in [1.29, 1.82) is 0 Å². The fraction of sp³-hybridized carbons (Fsp3) is 0.636. The molecule has 5 rings (SSSR count). The molecule has 2 aliphatic carbocycles. The third-order valence-corrected chi connectivity index (χ3v) is 6.51. The fourth-order valence-electron chi connectivity index (χ4n) is 4.65. The second-order valence-corrected chi connectivity index (χ2v) is 8.33. The van der Waals surface area contributed by atoms with E-state index in [1.54, 1.807) is 0 Å². The molecule has 0 unspecified atom stereocenters. The molecule has 2 heterocycles.